The van der Waals surface area contributed by atoms with E-state index < -0.39 is 17.8 Å². The second-order valence-corrected chi connectivity index (χ2v) is 6.52. The predicted octanol–water partition coefficient (Wildman–Crippen LogP) is 3.01. The molecule has 1 fully saturated rings. The summed E-state index contributed by atoms with van der Waals surface area (Å²) in [7, 11) is 1.59. The van der Waals surface area contributed by atoms with Gasteiger partial charge in [-0.2, -0.15) is 0 Å². The summed E-state index contributed by atoms with van der Waals surface area (Å²) < 4.78 is 5.14. The molecule has 5 nitrogen and oxygen atoms in total. The van der Waals surface area contributed by atoms with Gasteiger partial charge in [-0.25, -0.2) is 0 Å². The maximum absolute atomic E-state index is 12.7. The predicted molar refractivity (Wildman–Crippen MR) is 87.7 cm³/mol. The number of thiophene rings is 1. The molecular formula is C17H17NO4S. The van der Waals surface area contributed by atoms with Gasteiger partial charge in [0.2, 0.25) is 5.91 Å². The van der Waals surface area contributed by atoms with Gasteiger partial charge in [0.05, 0.1) is 25.5 Å². The van der Waals surface area contributed by atoms with Crippen LogP contribution in [-0.2, 0) is 16.1 Å². The number of carbonyl (C=O) groups excluding carboxylic acids is 1. The van der Waals surface area contributed by atoms with Gasteiger partial charge >= 0.3 is 5.97 Å². The smallest absolute Gasteiger partial charge is 0.307 e. The summed E-state index contributed by atoms with van der Waals surface area (Å²) in [6.45, 7) is 0.450. The summed E-state index contributed by atoms with van der Waals surface area (Å²) in [6, 6.07) is 11.1. The molecule has 0 spiro atoms. The third-order valence-electron chi connectivity index (χ3n) is 3.97. The molecular weight excluding hydrogens is 314 g/mol. The topological polar surface area (TPSA) is 66.8 Å². The molecule has 1 aromatic heterocycles. The van der Waals surface area contributed by atoms with Crippen LogP contribution in [0.5, 0.6) is 5.75 Å². The van der Waals surface area contributed by atoms with Crippen LogP contribution in [0.4, 0.5) is 5.69 Å². The first-order valence-electron chi connectivity index (χ1n) is 7.30. The van der Waals surface area contributed by atoms with E-state index in [1.165, 1.54) is 0 Å². The van der Waals surface area contributed by atoms with Crippen molar-refractivity contribution >= 4 is 28.9 Å². The van der Waals surface area contributed by atoms with Crippen molar-refractivity contribution in [3.63, 3.8) is 0 Å². The minimum Gasteiger partial charge on any atom is -0.497 e. The Hall–Kier alpha value is -2.34. The molecule has 1 heterocycles. The maximum Gasteiger partial charge on any atom is 0.307 e. The third kappa shape index (κ3) is 3.37. The Labute approximate surface area is 138 Å². The molecule has 0 aliphatic heterocycles. The van der Waals surface area contributed by atoms with E-state index in [2.05, 4.69) is 0 Å². The average Bonchev–Trinajstić information content (AvgIpc) is 3.21. The number of aliphatic carboxylic acids is 1. The van der Waals surface area contributed by atoms with Crippen molar-refractivity contribution in [1.82, 2.24) is 0 Å². The summed E-state index contributed by atoms with van der Waals surface area (Å²) >= 11 is 1.58. The second kappa shape index (κ2) is 6.42. The lowest BCUT2D eigenvalue weighted by atomic mass is 10.2. The Kier molecular flexibility index (Phi) is 4.34. The van der Waals surface area contributed by atoms with Crippen LogP contribution in [0.15, 0.2) is 41.8 Å². The van der Waals surface area contributed by atoms with E-state index in [1.807, 2.05) is 29.6 Å². The Morgan fingerprint density at radius 2 is 2.00 bits per heavy atom. The lowest BCUT2D eigenvalue weighted by Gasteiger charge is -2.22. The van der Waals surface area contributed by atoms with Crippen molar-refractivity contribution in [2.75, 3.05) is 12.0 Å². The lowest BCUT2D eigenvalue weighted by molar-refractivity contribution is -0.140. The first-order valence-corrected chi connectivity index (χ1v) is 8.18. The molecule has 0 unspecified atom stereocenters. The van der Waals surface area contributed by atoms with E-state index in [4.69, 9.17) is 9.84 Å². The molecule has 0 saturated heterocycles. The quantitative estimate of drug-likeness (QED) is 0.883. The zero-order valence-corrected chi connectivity index (χ0v) is 13.5. The molecule has 6 heteroatoms. The van der Waals surface area contributed by atoms with Crippen LogP contribution < -0.4 is 9.64 Å². The van der Waals surface area contributed by atoms with Crippen LogP contribution in [0.1, 0.15) is 11.3 Å². The number of carbonyl (C=O) groups is 2. The molecule has 1 aromatic carbocycles. The zero-order chi connectivity index (χ0) is 16.4. The Morgan fingerprint density at radius 3 is 2.52 bits per heavy atom. The summed E-state index contributed by atoms with van der Waals surface area (Å²) in [4.78, 5) is 26.5. The number of carboxylic acids is 1. The van der Waals surface area contributed by atoms with Crippen molar-refractivity contribution < 1.29 is 19.4 Å². The number of hydrogen-bond donors (Lipinski definition) is 1. The number of carboxylic acid groups (broad SMARTS) is 1. The van der Waals surface area contributed by atoms with E-state index >= 15 is 0 Å². The number of rotatable bonds is 6. The van der Waals surface area contributed by atoms with Gasteiger partial charge in [0.1, 0.15) is 5.75 Å². The summed E-state index contributed by atoms with van der Waals surface area (Å²) in [5, 5.41) is 11.0. The molecule has 120 valence electrons. The molecule has 1 N–H and O–H groups in total. The Balaban J connectivity index is 1.84. The van der Waals surface area contributed by atoms with E-state index in [9.17, 15) is 9.59 Å². The minimum atomic E-state index is -0.894. The van der Waals surface area contributed by atoms with Crippen LogP contribution in [0.25, 0.3) is 0 Å². The molecule has 1 aliphatic rings. The molecule has 0 bridgehead atoms. The van der Waals surface area contributed by atoms with Gasteiger partial charge in [-0.15, -0.1) is 11.3 Å². The van der Waals surface area contributed by atoms with E-state index in [0.29, 0.717) is 18.7 Å². The first kappa shape index (κ1) is 15.6. The number of benzene rings is 1. The van der Waals surface area contributed by atoms with Gasteiger partial charge in [0.15, 0.2) is 0 Å². The lowest BCUT2D eigenvalue weighted by Crippen LogP contribution is -2.32. The third-order valence-corrected chi connectivity index (χ3v) is 4.83. The molecule has 23 heavy (non-hydrogen) atoms. The number of anilines is 1. The molecule has 3 rings (SSSR count). The number of hydrogen-bond acceptors (Lipinski definition) is 4. The Bertz CT molecular complexity index is 696. The van der Waals surface area contributed by atoms with Crippen LogP contribution in [0.3, 0.4) is 0 Å². The molecule has 1 saturated carbocycles. The van der Waals surface area contributed by atoms with E-state index in [0.717, 1.165) is 10.6 Å². The zero-order valence-electron chi connectivity index (χ0n) is 12.6. The van der Waals surface area contributed by atoms with Crippen LogP contribution in [0.2, 0.25) is 0 Å². The Morgan fingerprint density at radius 1 is 1.26 bits per heavy atom. The minimum absolute atomic E-state index is 0.129. The first-order chi connectivity index (χ1) is 11.1. The van der Waals surface area contributed by atoms with Gasteiger partial charge in [0.25, 0.3) is 0 Å². The average molecular weight is 331 g/mol. The van der Waals surface area contributed by atoms with Crippen LogP contribution in [0, 0.1) is 11.8 Å². The number of methoxy groups -OCH3 is 1. The standard InChI is InChI=1S/C17H17NO4S/c1-22-12-6-4-11(5-7-12)18(10-13-3-2-8-23-13)16(19)14-9-15(14)17(20)21/h2-8,14-15H,9-10H2,1H3,(H,20,21)/t14-,15+/m0/s1. The monoisotopic (exact) mass is 331 g/mol. The van der Waals surface area contributed by atoms with E-state index in [-0.39, 0.29) is 5.91 Å². The van der Waals surface area contributed by atoms with Gasteiger partial charge in [-0.3, -0.25) is 9.59 Å². The summed E-state index contributed by atoms with van der Waals surface area (Å²) in [5.74, 6) is -1.28. The fourth-order valence-corrected chi connectivity index (χ4v) is 3.25. The van der Waals surface area contributed by atoms with Gasteiger partial charge in [-0.05, 0) is 42.1 Å². The fraction of sp³-hybridized carbons (Fsp3) is 0.294. The number of amides is 1. The van der Waals surface area contributed by atoms with Crippen LogP contribution in [-0.4, -0.2) is 24.1 Å². The van der Waals surface area contributed by atoms with Crippen molar-refractivity contribution in [1.29, 1.82) is 0 Å². The van der Waals surface area contributed by atoms with Crippen molar-refractivity contribution in [2.45, 2.75) is 13.0 Å². The van der Waals surface area contributed by atoms with Gasteiger partial charge in [0, 0.05) is 10.6 Å². The summed E-state index contributed by atoms with van der Waals surface area (Å²) in [5.41, 5.74) is 0.750. The number of nitrogens with zero attached hydrogens (tertiary/aromatic N) is 1. The highest BCUT2D eigenvalue weighted by atomic mass is 32.1. The molecule has 2 aromatic rings. The second-order valence-electron chi connectivity index (χ2n) is 5.49. The van der Waals surface area contributed by atoms with Crippen molar-refractivity contribution in [3.8, 4) is 5.75 Å². The van der Waals surface area contributed by atoms with Crippen molar-refractivity contribution in [2.24, 2.45) is 11.8 Å². The van der Waals surface area contributed by atoms with E-state index in [1.54, 1.807) is 35.5 Å². The molecule has 1 aliphatic carbocycles. The largest absolute Gasteiger partial charge is 0.497 e. The van der Waals surface area contributed by atoms with Crippen LogP contribution >= 0.6 is 11.3 Å². The highest BCUT2D eigenvalue weighted by Gasteiger charge is 2.50. The highest BCUT2D eigenvalue weighted by molar-refractivity contribution is 7.09. The normalized spacial score (nSPS) is 19.2. The number of ether oxygens (including phenoxy) is 1. The SMILES string of the molecule is COc1ccc(N(Cc2cccs2)C(=O)[C@H]2C[C@H]2C(=O)O)cc1. The van der Waals surface area contributed by atoms with Gasteiger partial charge < -0.3 is 14.7 Å². The molecule has 0 radical (unpaired) electrons. The summed E-state index contributed by atoms with van der Waals surface area (Å²) in [6.07, 6.45) is 0.422. The van der Waals surface area contributed by atoms with Gasteiger partial charge in [-0.1, -0.05) is 6.07 Å². The maximum atomic E-state index is 12.7. The van der Waals surface area contributed by atoms with Crippen molar-refractivity contribution in [3.05, 3.63) is 46.7 Å². The highest BCUT2D eigenvalue weighted by Crippen LogP contribution is 2.41. The molecule has 1 amide bonds. The fourth-order valence-electron chi connectivity index (χ4n) is 2.56. The molecule has 2 atom stereocenters.